The van der Waals surface area contributed by atoms with Crippen LogP contribution < -0.4 is 11.1 Å². The summed E-state index contributed by atoms with van der Waals surface area (Å²) in [5, 5.41) is 3.26. The van der Waals surface area contributed by atoms with Crippen molar-refractivity contribution < 1.29 is 4.79 Å². The number of likely N-dealkylation sites (tertiary alicyclic amines) is 1. The van der Waals surface area contributed by atoms with Crippen LogP contribution in [0, 0.1) is 11.3 Å². The van der Waals surface area contributed by atoms with Gasteiger partial charge in [0.2, 0.25) is 0 Å². The van der Waals surface area contributed by atoms with Gasteiger partial charge >= 0.3 is 6.03 Å². The predicted molar refractivity (Wildman–Crippen MR) is 85.0 cm³/mol. The van der Waals surface area contributed by atoms with Crippen molar-refractivity contribution in [2.45, 2.75) is 83.3 Å². The molecule has 2 saturated carbocycles. The molecule has 1 atom stereocenters. The quantitative estimate of drug-likeness (QED) is 0.822. The van der Waals surface area contributed by atoms with Crippen molar-refractivity contribution in [3.63, 3.8) is 0 Å². The maximum absolute atomic E-state index is 12.6. The zero-order valence-electron chi connectivity index (χ0n) is 13.6. The van der Waals surface area contributed by atoms with Gasteiger partial charge in [0.25, 0.3) is 0 Å². The van der Waals surface area contributed by atoms with Gasteiger partial charge in [-0.3, -0.25) is 0 Å². The molecule has 1 saturated heterocycles. The van der Waals surface area contributed by atoms with Crippen LogP contribution in [0.15, 0.2) is 0 Å². The average Bonchev–Trinajstić information content (AvgIpc) is 2.89. The number of hydrogen-bond acceptors (Lipinski definition) is 2. The third-order valence-corrected chi connectivity index (χ3v) is 6.04. The van der Waals surface area contributed by atoms with Crippen LogP contribution in [0.1, 0.15) is 65.2 Å². The SMILES string of the molecule is CC(C)C1N(C(=O)NC2CCC(N)CC2)CC12CCCC2. The summed E-state index contributed by atoms with van der Waals surface area (Å²) in [7, 11) is 0. The lowest BCUT2D eigenvalue weighted by atomic mass is 9.66. The molecule has 3 aliphatic rings. The summed E-state index contributed by atoms with van der Waals surface area (Å²) in [6.07, 6.45) is 9.50. The van der Waals surface area contributed by atoms with Gasteiger partial charge in [0, 0.05) is 30.1 Å². The fourth-order valence-electron chi connectivity index (χ4n) is 5.07. The van der Waals surface area contributed by atoms with Crippen molar-refractivity contribution in [2.75, 3.05) is 6.54 Å². The number of nitrogens with two attached hydrogens (primary N) is 1. The molecule has 0 aromatic rings. The molecule has 120 valence electrons. The molecule has 4 nitrogen and oxygen atoms in total. The third-order valence-electron chi connectivity index (χ3n) is 6.04. The van der Waals surface area contributed by atoms with Crippen molar-refractivity contribution in [1.82, 2.24) is 10.2 Å². The number of hydrogen-bond donors (Lipinski definition) is 2. The van der Waals surface area contributed by atoms with Crippen LogP contribution in [0.4, 0.5) is 4.79 Å². The number of carbonyl (C=O) groups excluding carboxylic acids is 1. The standard InChI is InChI=1S/C17H31N3O/c1-12(2)15-17(9-3-4-10-17)11-20(15)16(21)19-14-7-5-13(18)6-8-14/h12-15H,3-11,18H2,1-2H3,(H,19,21). The Balaban J connectivity index is 1.57. The van der Waals surface area contributed by atoms with Gasteiger partial charge in [-0.2, -0.15) is 0 Å². The molecule has 1 aliphatic heterocycles. The van der Waals surface area contributed by atoms with Crippen molar-refractivity contribution in [1.29, 1.82) is 0 Å². The van der Waals surface area contributed by atoms with Gasteiger partial charge in [0.1, 0.15) is 0 Å². The Kier molecular flexibility index (Phi) is 4.17. The summed E-state index contributed by atoms with van der Waals surface area (Å²) in [4.78, 5) is 14.7. The fraction of sp³-hybridized carbons (Fsp3) is 0.941. The first-order chi connectivity index (χ1) is 10.0. The van der Waals surface area contributed by atoms with Crippen molar-refractivity contribution >= 4 is 6.03 Å². The van der Waals surface area contributed by atoms with Gasteiger partial charge in [-0.25, -0.2) is 4.79 Å². The van der Waals surface area contributed by atoms with E-state index >= 15 is 0 Å². The van der Waals surface area contributed by atoms with Gasteiger partial charge in [0.05, 0.1) is 0 Å². The molecule has 2 amide bonds. The van der Waals surface area contributed by atoms with E-state index in [0.29, 0.717) is 29.5 Å². The molecule has 3 rings (SSSR count). The highest BCUT2D eigenvalue weighted by Gasteiger charge is 2.56. The van der Waals surface area contributed by atoms with Crippen molar-refractivity contribution in [3.8, 4) is 0 Å². The minimum absolute atomic E-state index is 0.173. The van der Waals surface area contributed by atoms with Gasteiger partial charge < -0.3 is 16.0 Å². The molecular formula is C17H31N3O. The van der Waals surface area contributed by atoms with Crippen LogP contribution in [-0.2, 0) is 0 Å². The number of amides is 2. The highest BCUT2D eigenvalue weighted by molar-refractivity contribution is 5.76. The molecule has 1 heterocycles. The topological polar surface area (TPSA) is 58.4 Å². The third kappa shape index (κ3) is 2.79. The molecule has 1 unspecified atom stereocenters. The Morgan fingerprint density at radius 2 is 1.81 bits per heavy atom. The molecule has 21 heavy (non-hydrogen) atoms. The first-order valence-corrected chi connectivity index (χ1v) is 8.84. The first-order valence-electron chi connectivity index (χ1n) is 8.84. The number of rotatable bonds is 2. The highest BCUT2D eigenvalue weighted by atomic mass is 16.2. The van der Waals surface area contributed by atoms with Crippen molar-refractivity contribution in [2.24, 2.45) is 17.1 Å². The molecule has 0 bridgehead atoms. The van der Waals surface area contributed by atoms with Gasteiger partial charge in [0.15, 0.2) is 0 Å². The smallest absolute Gasteiger partial charge is 0.317 e. The normalized spacial score (nSPS) is 35.0. The summed E-state index contributed by atoms with van der Waals surface area (Å²) in [6.45, 7) is 5.52. The van der Waals surface area contributed by atoms with Crippen LogP contribution in [0.3, 0.4) is 0 Å². The first kappa shape index (κ1) is 15.1. The minimum atomic E-state index is 0.173. The molecule has 3 fully saturated rings. The molecule has 0 aromatic carbocycles. The highest BCUT2D eigenvalue weighted by Crippen LogP contribution is 2.52. The van der Waals surface area contributed by atoms with Crippen molar-refractivity contribution in [3.05, 3.63) is 0 Å². The van der Waals surface area contributed by atoms with E-state index in [2.05, 4.69) is 24.1 Å². The Morgan fingerprint density at radius 3 is 2.38 bits per heavy atom. The molecule has 0 aromatic heterocycles. The fourth-order valence-corrected chi connectivity index (χ4v) is 5.07. The molecule has 1 spiro atoms. The average molecular weight is 293 g/mol. The van der Waals surface area contributed by atoms with E-state index in [0.717, 1.165) is 32.2 Å². The lowest BCUT2D eigenvalue weighted by molar-refractivity contribution is -0.0623. The Morgan fingerprint density at radius 1 is 1.19 bits per heavy atom. The van der Waals surface area contributed by atoms with Crippen LogP contribution in [0.5, 0.6) is 0 Å². The van der Waals surface area contributed by atoms with E-state index in [-0.39, 0.29) is 6.03 Å². The number of nitrogens with one attached hydrogen (secondary N) is 1. The second kappa shape index (κ2) is 5.79. The maximum Gasteiger partial charge on any atom is 0.317 e. The van der Waals surface area contributed by atoms with Crippen LogP contribution in [0.25, 0.3) is 0 Å². The minimum Gasteiger partial charge on any atom is -0.335 e. The van der Waals surface area contributed by atoms with E-state index < -0.39 is 0 Å². The lowest BCUT2D eigenvalue weighted by Crippen LogP contribution is -2.69. The van der Waals surface area contributed by atoms with Crippen LogP contribution >= 0.6 is 0 Å². The molecule has 3 N–H and O–H groups in total. The summed E-state index contributed by atoms with van der Waals surface area (Å²) in [5.74, 6) is 0.558. The largest absolute Gasteiger partial charge is 0.335 e. The zero-order chi connectivity index (χ0) is 15.0. The number of nitrogens with zero attached hydrogens (tertiary/aromatic N) is 1. The molecule has 2 aliphatic carbocycles. The Bertz CT molecular complexity index is 381. The zero-order valence-corrected chi connectivity index (χ0v) is 13.6. The predicted octanol–water partition coefficient (Wildman–Crippen LogP) is 2.87. The summed E-state index contributed by atoms with van der Waals surface area (Å²) in [6, 6.07) is 1.30. The molecule has 0 radical (unpaired) electrons. The number of carbonyl (C=O) groups is 1. The van der Waals surface area contributed by atoms with E-state index in [1.54, 1.807) is 0 Å². The Labute approximate surface area is 128 Å². The lowest BCUT2D eigenvalue weighted by Gasteiger charge is -2.58. The molecule has 4 heteroatoms. The monoisotopic (exact) mass is 293 g/mol. The summed E-state index contributed by atoms with van der Waals surface area (Å²) >= 11 is 0. The number of urea groups is 1. The second-order valence-corrected chi connectivity index (χ2v) is 7.95. The van der Waals surface area contributed by atoms with E-state index in [1.807, 2.05) is 0 Å². The summed E-state index contributed by atoms with van der Waals surface area (Å²) in [5.41, 5.74) is 6.39. The van der Waals surface area contributed by atoms with E-state index in [1.165, 1.54) is 25.7 Å². The maximum atomic E-state index is 12.6. The van der Waals surface area contributed by atoms with Gasteiger partial charge in [-0.05, 0) is 44.4 Å². The Hall–Kier alpha value is -0.770. The van der Waals surface area contributed by atoms with E-state index in [4.69, 9.17) is 5.73 Å². The molecular weight excluding hydrogens is 262 g/mol. The second-order valence-electron chi connectivity index (χ2n) is 7.95. The van der Waals surface area contributed by atoms with E-state index in [9.17, 15) is 4.79 Å². The van der Waals surface area contributed by atoms with Crippen LogP contribution in [-0.4, -0.2) is 35.6 Å². The summed E-state index contributed by atoms with van der Waals surface area (Å²) < 4.78 is 0. The van der Waals surface area contributed by atoms with Gasteiger partial charge in [-0.1, -0.05) is 26.7 Å². The van der Waals surface area contributed by atoms with Crippen LogP contribution in [0.2, 0.25) is 0 Å². The van der Waals surface area contributed by atoms with Gasteiger partial charge in [-0.15, -0.1) is 0 Å².